The average molecular weight is 283 g/mol. The van der Waals surface area contributed by atoms with Crippen LogP contribution < -0.4 is 15.0 Å². The number of nitrogens with zero attached hydrogens (tertiary/aromatic N) is 2. The summed E-state index contributed by atoms with van der Waals surface area (Å²) in [5.74, 6) is 1.52. The van der Waals surface area contributed by atoms with Crippen LogP contribution in [0.2, 0.25) is 0 Å². The molecular formula is C13H12F3N3O. The topological polar surface area (TPSA) is 36.9 Å². The molecule has 2 aliphatic heterocycles. The van der Waals surface area contributed by atoms with Crippen LogP contribution in [0.3, 0.4) is 0 Å². The van der Waals surface area contributed by atoms with Crippen LogP contribution in [-0.4, -0.2) is 26.0 Å². The molecule has 0 unspecified atom stereocenters. The van der Waals surface area contributed by atoms with Crippen LogP contribution in [0, 0.1) is 0 Å². The summed E-state index contributed by atoms with van der Waals surface area (Å²) in [6, 6.07) is 3.42. The molecule has 4 nitrogen and oxygen atoms in total. The third kappa shape index (κ3) is 2.19. The number of hydrogen-bond donors (Lipinski definition) is 1. The van der Waals surface area contributed by atoms with E-state index in [4.69, 9.17) is 4.74 Å². The molecule has 3 rings (SSSR count). The number of benzene rings is 1. The molecule has 0 saturated carbocycles. The van der Waals surface area contributed by atoms with E-state index in [-0.39, 0.29) is 0 Å². The van der Waals surface area contributed by atoms with Gasteiger partial charge in [-0.05, 0) is 18.2 Å². The third-order valence-corrected chi connectivity index (χ3v) is 3.10. The fourth-order valence-corrected chi connectivity index (χ4v) is 2.12. The Kier molecular flexibility index (Phi) is 2.84. The van der Waals surface area contributed by atoms with Gasteiger partial charge < -0.3 is 15.0 Å². The van der Waals surface area contributed by atoms with Gasteiger partial charge in [0.05, 0.1) is 24.0 Å². The second kappa shape index (κ2) is 4.43. The van der Waals surface area contributed by atoms with Crippen LogP contribution >= 0.6 is 0 Å². The van der Waals surface area contributed by atoms with Crippen LogP contribution in [0.4, 0.5) is 18.9 Å². The molecule has 0 amide bonds. The molecule has 106 valence electrons. The third-order valence-electron chi connectivity index (χ3n) is 3.10. The summed E-state index contributed by atoms with van der Waals surface area (Å²) in [6.45, 7) is 1.40. The van der Waals surface area contributed by atoms with E-state index in [1.165, 1.54) is 6.07 Å². The van der Waals surface area contributed by atoms with E-state index in [9.17, 15) is 13.2 Å². The highest BCUT2D eigenvalue weighted by molar-refractivity contribution is 5.99. The van der Waals surface area contributed by atoms with E-state index in [1.807, 2.05) is 0 Å². The first-order chi connectivity index (χ1) is 9.45. The lowest BCUT2D eigenvalue weighted by atomic mass is 10.1. The maximum Gasteiger partial charge on any atom is 0.416 e. The van der Waals surface area contributed by atoms with Crippen molar-refractivity contribution in [2.24, 2.45) is 4.99 Å². The lowest BCUT2D eigenvalue weighted by molar-refractivity contribution is -0.137. The van der Waals surface area contributed by atoms with E-state index >= 15 is 0 Å². The highest BCUT2D eigenvalue weighted by Crippen LogP contribution is 2.39. The molecule has 2 heterocycles. The molecule has 0 fully saturated rings. The number of rotatable bonds is 1. The van der Waals surface area contributed by atoms with Crippen LogP contribution in [0.5, 0.6) is 5.75 Å². The molecule has 0 atom stereocenters. The van der Waals surface area contributed by atoms with Gasteiger partial charge in [0, 0.05) is 13.6 Å². The Bertz CT molecular complexity index is 607. The largest absolute Gasteiger partial charge is 0.450 e. The molecule has 0 bridgehead atoms. The normalized spacial score (nSPS) is 17.9. The molecule has 0 saturated heterocycles. The molecule has 2 aliphatic rings. The lowest BCUT2D eigenvalue weighted by Gasteiger charge is -2.26. The van der Waals surface area contributed by atoms with Gasteiger partial charge in [-0.25, -0.2) is 0 Å². The van der Waals surface area contributed by atoms with Gasteiger partial charge in [0.2, 0.25) is 0 Å². The fourth-order valence-electron chi connectivity index (χ4n) is 2.12. The minimum absolute atomic E-state index is 0.377. The number of nitrogens with one attached hydrogen (secondary N) is 1. The van der Waals surface area contributed by atoms with Gasteiger partial charge in [-0.15, -0.1) is 0 Å². The van der Waals surface area contributed by atoms with Gasteiger partial charge in [-0.1, -0.05) is 0 Å². The van der Waals surface area contributed by atoms with Gasteiger partial charge in [0.25, 0.3) is 0 Å². The number of alkyl halides is 3. The molecule has 20 heavy (non-hydrogen) atoms. The van der Waals surface area contributed by atoms with E-state index < -0.39 is 11.7 Å². The maximum absolute atomic E-state index is 12.7. The highest BCUT2D eigenvalue weighted by atomic mass is 19.4. The quantitative estimate of drug-likeness (QED) is 0.859. The van der Waals surface area contributed by atoms with E-state index in [0.29, 0.717) is 29.6 Å². The summed E-state index contributed by atoms with van der Waals surface area (Å²) in [5.41, 5.74) is -0.318. The van der Waals surface area contributed by atoms with Gasteiger partial charge >= 0.3 is 6.18 Å². The monoisotopic (exact) mass is 283 g/mol. The molecule has 1 aromatic rings. The van der Waals surface area contributed by atoms with Crippen molar-refractivity contribution in [3.05, 3.63) is 35.7 Å². The Morgan fingerprint density at radius 3 is 2.80 bits per heavy atom. The van der Waals surface area contributed by atoms with Crippen LogP contribution in [0.25, 0.3) is 0 Å². The minimum atomic E-state index is -4.36. The zero-order chi connectivity index (χ0) is 14.3. The number of hydrogen-bond acceptors (Lipinski definition) is 4. The molecular weight excluding hydrogens is 271 g/mol. The molecule has 0 aromatic heterocycles. The van der Waals surface area contributed by atoms with Gasteiger partial charge in [-0.2, -0.15) is 13.2 Å². The average Bonchev–Trinajstić information content (AvgIpc) is 2.91. The lowest BCUT2D eigenvalue weighted by Crippen LogP contribution is -2.28. The number of aliphatic imine (C=N–C) groups is 1. The van der Waals surface area contributed by atoms with E-state index in [0.717, 1.165) is 18.7 Å². The van der Waals surface area contributed by atoms with Crippen LogP contribution in [0.1, 0.15) is 5.56 Å². The van der Waals surface area contributed by atoms with Crippen molar-refractivity contribution in [2.45, 2.75) is 6.18 Å². The Labute approximate surface area is 113 Å². The van der Waals surface area contributed by atoms with E-state index in [1.54, 1.807) is 18.1 Å². The van der Waals surface area contributed by atoms with Crippen LogP contribution in [0.15, 0.2) is 35.2 Å². The fraction of sp³-hybridized carbons (Fsp3) is 0.308. The summed E-state index contributed by atoms with van der Waals surface area (Å²) in [7, 11) is 1.68. The van der Waals surface area contributed by atoms with Gasteiger partial charge in [0.15, 0.2) is 17.3 Å². The predicted molar refractivity (Wildman–Crippen MR) is 68.9 cm³/mol. The second-order valence-electron chi connectivity index (χ2n) is 4.54. The SMILES string of the molecule is CN1C=C(C2=NCCN2)Oc2ccc(C(F)(F)F)cc21. The first kappa shape index (κ1) is 12.8. The summed E-state index contributed by atoms with van der Waals surface area (Å²) < 4.78 is 43.7. The predicted octanol–water partition coefficient (Wildman–Crippen LogP) is 2.38. The number of fused-ring (bicyclic) bond motifs is 1. The molecule has 1 N–H and O–H groups in total. The number of anilines is 1. The van der Waals surface area contributed by atoms with Crippen molar-refractivity contribution in [3.63, 3.8) is 0 Å². The minimum Gasteiger partial charge on any atom is -0.450 e. The maximum atomic E-state index is 12.7. The van der Waals surface area contributed by atoms with Crippen molar-refractivity contribution >= 4 is 11.5 Å². The van der Waals surface area contributed by atoms with Crippen molar-refractivity contribution in [3.8, 4) is 5.75 Å². The Morgan fingerprint density at radius 2 is 2.15 bits per heavy atom. The van der Waals surface area contributed by atoms with Crippen molar-refractivity contribution in [2.75, 3.05) is 25.0 Å². The first-order valence-electron chi connectivity index (χ1n) is 6.07. The summed E-state index contributed by atoms with van der Waals surface area (Å²) in [6.07, 6.45) is -2.74. The van der Waals surface area contributed by atoms with Crippen molar-refractivity contribution in [1.82, 2.24) is 5.32 Å². The summed E-state index contributed by atoms with van der Waals surface area (Å²) in [5, 5.41) is 3.06. The van der Waals surface area contributed by atoms with Crippen molar-refractivity contribution < 1.29 is 17.9 Å². The number of halogens is 3. The molecule has 7 heteroatoms. The summed E-state index contributed by atoms with van der Waals surface area (Å²) >= 11 is 0. The zero-order valence-electron chi connectivity index (χ0n) is 10.7. The Morgan fingerprint density at radius 1 is 1.35 bits per heavy atom. The molecule has 0 radical (unpaired) electrons. The van der Waals surface area contributed by atoms with Gasteiger partial charge in [0.1, 0.15) is 0 Å². The first-order valence-corrected chi connectivity index (χ1v) is 6.07. The smallest absolute Gasteiger partial charge is 0.416 e. The molecule has 0 aliphatic carbocycles. The molecule has 0 spiro atoms. The standard InChI is InChI=1S/C13H12F3N3O/c1-19-7-11(12-17-4-5-18-12)20-10-3-2-8(6-9(10)19)13(14,15)16/h2-3,6-7H,4-5H2,1H3,(H,17,18). The molecule has 1 aromatic carbocycles. The number of amidine groups is 1. The number of ether oxygens (including phenoxy) is 1. The van der Waals surface area contributed by atoms with E-state index in [2.05, 4.69) is 10.3 Å². The van der Waals surface area contributed by atoms with Crippen molar-refractivity contribution in [1.29, 1.82) is 0 Å². The zero-order valence-corrected chi connectivity index (χ0v) is 10.7. The Hall–Kier alpha value is -2.18. The highest BCUT2D eigenvalue weighted by Gasteiger charge is 2.32. The van der Waals surface area contributed by atoms with Crippen LogP contribution in [-0.2, 0) is 6.18 Å². The second-order valence-corrected chi connectivity index (χ2v) is 4.54. The Balaban J connectivity index is 1.95. The van der Waals surface area contributed by atoms with Gasteiger partial charge in [-0.3, -0.25) is 4.99 Å². The summed E-state index contributed by atoms with van der Waals surface area (Å²) in [4.78, 5) is 5.83.